The number of carbonyl (C=O) groups excluding carboxylic acids is 2. The minimum atomic E-state index is -4.45. The zero-order valence-electron chi connectivity index (χ0n) is 27.5. The van der Waals surface area contributed by atoms with E-state index in [2.05, 4.69) is 40.0 Å². The smallest absolute Gasteiger partial charge is 0.318 e. The van der Waals surface area contributed by atoms with Gasteiger partial charge in [-0.25, -0.2) is 18.2 Å². The number of nitriles is 1. The summed E-state index contributed by atoms with van der Waals surface area (Å²) in [5, 5.41) is 12.9. The molecule has 1 unspecified atom stereocenters. The number of amides is 3. The van der Waals surface area contributed by atoms with E-state index in [0.29, 0.717) is 25.2 Å². The Labute approximate surface area is 281 Å². The van der Waals surface area contributed by atoms with E-state index in [1.807, 2.05) is 0 Å². The molecule has 2 fully saturated rings. The van der Waals surface area contributed by atoms with Gasteiger partial charge in [-0.3, -0.25) is 14.6 Å². The molecule has 252 valence electrons. The van der Waals surface area contributed by atoms with Crippen LogP contribution in [-0.2, 0) is 20.4 Å². The average Bonchev–Trinajstić information content (AvgIpc) is 3.36. The molecule has 4 heterocycles. The molecule has 48 heavy (non-hydrogen) atoms. The maximum atomic E-state index is 14.9. The van der Waals surface area contributed by atoms with Gasteiger partial charge in [0.15, 0.2) is 5.54 Å². The van der Waals surface area contributed by atoms with Gasteiger partial charge in [0.05, 0.1) is 34.4 Å². The number of hydrogen-bond donors (Lipinski definition) is 1. The van der Waals surface area contributed by atoms with Gasteiger partial charge in [0, 0.05) is 63.1 Å². The Morgan fingerprint density at radius 2 is 1.73 bits per heavy atom. The van der Waals surface area contributed by atoms with Crippen LogP contribution in [-0.4, -0.2) is 98.0 Å². The standard InChI is InChI=1S/C35H41N7O5S/c1-4-47-32-29(11-8-16-37-32)35(38-34(44)41-17-14-27(15-18-41)40-21-19-39(20-22-40)25(2)3)30-23-26(24-36)12-13-31(30)42(33(35)43)48(45,46)28-9-6-5-7-10-28/h5-13,16,23,25,27H,4,14-15,17-22H2,1-3H3,(H,38,44). The van der Waals surface area contributed by atoms with E-state index in [0.717, 1.165) is 43.3 Å². The quantitative estimate of drug-likeness (QED) is 0.381. The van der Waals surface area contributed by atoms with Crippen LogP contribution in [0.2, 0.25) is 0 Å². The van der Waals surface area contributed by atoms with Crippen molar-refractivity contribution in [1.29, 1.82) is 5.26 Å². The molecule has 3 aromatic rings. The van der Waals surface area contributed by atoms with Crippen molar-refractivity contribution in [3.8, 4) is 11.9 Å². The number of fused-ring (bicyclic) bond motifs is 1. The molecule has 6 rings (SSSR count). The largest absolute Gasteiger partial charge is 0.478 e. The molecule has 3 aliphatic rings. The third kappa shape index (κ3) is 5.89. The van der Waals surface area contributed by atoms with E-state index in [4.69, 9.17) is 4.74 Å². The van der Waals surface area contributed by atoms with Gasteiger partial charge >= 0.3 is 6.03 Å². The highest BCUT2D eigenvalue weighted by atomic mass is 32.2. The van der Waals surface area contributed by atoms with Crippen molar-refractivity contribution in [2.75, 3.05) is 50.2 Å². The Kier molecular flexibility index (Phi) is 9.42. The fourth-order valence-corrected chi connectivity index (χ4v) is 8.55. The Balaban J connectivity index is 1.38. The molecule has 2 saturated heterocycles. The van der Waals surface area contributed by atoms with Gasteiger partial charge in [-0.15, -0.1) is 0 Å². The van der Waals surface area contributed by atoms with E-state index in [9.17, 15) is 23.3 Å². The fraction of sp³-hybridized carbons (Fsp3) is 0.429. The van der Waals surface area contributed by atoms with Crippen LogP contribution >= 0.6 is 0 Å². The summed E-state index contributed by atoms with van der Waals surface area (Å²) in [6, 6.07) is 17.6. The lowest BCUT2D eigenvalue weighted by molar-refractivity contribution is -0.121. The van der Waals surface area contributed by atoms with Gasteiger partial charge in [0.1, 0.15) is 0 Å². The summed E-state index contributed by atoms with van der Waals surface area (Å²) in [5.41, 5.74) is -1.52. The second-order valence-corrected chi connectivity index (χ2v) is 14.4. The summed E-state index contributed by atoms with van der Waals surface area (Å²) in [5.74, 6) is -0.850. The summed E-state index contributed by atoms with van der Waals surface area (Å²) in [7, 11) is -4.45. The number of hydrogen-bond acceptors (Lipinski definition) is 9. The lowest BCUT2D eigenvalue weighted by atomic mass is 9.83. The van der Waals surface area contributed by atoms with Crippen molar-refractivity contribution in [2.45, 2.75) is 56.1 Å². The number of urea groups is 1. The van der Waals surface area contributed by atoms with Crippen LogP contribution in [0.4, 0.5) is 10.5 Å². The molecule has 0 bridgehead atoms. The number of aromatic nitrogens is 1. The highest BCUT2D eigenvalue weighted by molar-refractivity contribution is 7.93. The number of nitrogens with one attached hydrogen (secondary N) is 1. The molecular formula is C35H41N7O5S. The number of pyridine rings is 1. The zero-order valence-corrected chi connectivity index (χ0v) is 28.3. The molecule has 2 aromatic carbocycles. The first-order chi connectivity index (χ1) is 23.1. The zero-order chi connectivity index (χ0) is 34.1. The first-order valence-corrected chi connectivity index (χ1v) is 17.9. The summed E-state index contributed by atoms with van der Waals surface area (Å²) in [6.07, 6.45) is 3.05. The number of ether oxygens (including phenoxy) is 1. The molecule has 1 N–H and O–H groups in total. The summed E-state index contributed by atoms with van der Waals surface area (Å²) in [6.45, 7) is 11.3. The van der Waals surface area contributed by atoms with Gasteiger partial charge in [-0.2, -0.15) is 9.57 Å². The Morgan fingerprint density at radius 3 is 2.38 bits per heavy atom. The van der Waals surface area contributed by atoms with Crippen LogP contribution in [0.5, 0.6) is 5.88 Å². The van der Waals surface area contributed by atoms with Crippen molar-refractivity contribution in [2.24, 2.45) is 0 Å². The molecule has 0 radical (unpaired) electrons. The molecule has 3 amide bonds. The number of benzene rings is 2. The third-order valence-corrected chi connectivity index (χ3v) is 11.3. The number of likely N-dealkylation sites (tertiary alicyclic amines) is 1. The number of rotatable bonds is 8. The van der Waals surface area contributed by atoms with E-state index in [1.54, 1.807) is 42.2 Å². The average molecular weight is 672 g/mol. The SMILES string of the molecule is CCOc1ncccc1C1(NC(=O)N2CCC(N3CCN(C(C)C)CC3)CC2)C(=O)N(S(=O)(=O)c2ccccc2)c2ccc(C#N)cc21. The van der Waals surface area contributed by atoms with Crippen molar-refractivity contribution in [3.05, 3.63) is 83.6 Å². The Bertz CT molecular complexity index is 1810. The number of sulfonamides is 1. The normalized spacial score (nSPS) is 20.9. The van der Waals surface area contributed by atoms with E-state index in [-0.39, 0.29) is 39.8 Å². The van der Waals surface area contributed by atoms with Crippen LogP contribution in [0.1, 0.15) is 50.3 Å². The van der Waals surface area contributed by atoms with Crippen molar-refractivity contribution in [1.82, 2.24) is 25.0 Å². The van der Waals surface area contributed by atoms with Crippen molar-refractivity contribution < 1.29 is 22.7 Å². The molecule has 1 aromatic heterocycles. The molecule has 0 saturated carbocycles. The molecule has 3 aliphatic heterocycles. The Hall–Kier alpha value is -4.51. The predicted molar refractivity (Wildman–Crippen MR) is 180 cm³/mol. The fourth-order valence-electron chi connectivity index (χ4n) is 7.07. The van der Waals surface area contributed by atoms with Gasteiger partial charge in [-0.05, 0) is 76.1 Å². The summed E-state index contributed by atoms with van der Waals surface area (Å²) >= 11 is 0. The minimum absolute atomic E-state index is 0.0358. The number of piperidine rings is 1. The van der Waals surface area contributed by atoms with Gasteiger partial charge in [-0.1, -0.05) is 18.2 Å². The van der Waals surface area contributed by atoms with Gasteiger partial charge in [0.2, 0.25) is 5.88 Å². The molecule has 0 aliphatic carbocycles. The van der Waals surface area contributed by atoms with Crippen LogP contribution in [0.15, 0.2) is 71.8 Å². The molecule has 13 heteroatoms. The van der Waals surface area contributed by atoms with E-state index >= 15 is 0 Å². The number of carbonyl (C=O) groups is 2. The second kappa shape index (κ2) is 13.5. The topological polar surface area (TPSA) is 139 Å². The molecule has 12 nitrogen and oxygen atoms in total. The summed E-state index contributed by atoms with van der Waals surface area (Å²) < 4.78 is 35.0. The van der Waals surface area contributed by atoms with Crippen molar-refractivity contribution >= 4 is 27.6 Å². The first-order valence-electron chi connectivity index (χ1n) is 16.4. The van der Waals surface area contributed by atoms with E-state index in [1.165, 1.54) is 36.5 Å². The monoisotopic (exact) mass is 671 g/mol. The highest BCUT2D eigenvalue weighted by Crippen LogP contribution is 2.49. The number of piperazine rings is 1. The lowest BCUT2D eigenvalue weighted by Crippen LogP contribution is -2.60. The minimum Gasteiger partial charge on any atom is -0.478 e. The second-order valence-electron chi connectivity index (χ2n) is 12.6. The number of anilines is 1. The summed E-state index contributed by atoms with van der Waals surface area (Å²) in [4.78, 5) is 40.2. The molecule has 0 spiro atoms. The van der Waals surface area contributed by atoms with E-state index < -0.39 is 27.5 Å². The van der Waals surface area contributed by atoms with Gasteiger partial charge < -0.3 is 15.0 Å². The maximum absolute atomic E-state index is 14.9. The predicted octanol–water partition coefficient (Wildman–Crippen LogP) is 3.53. The Morgan fingerprint density at radius 1 is 1.02 bits per heavy atom. The number of nitrogens with zero attached hydrogens (tertiary/aromatic N) is 6. The highest BCUT2D eigenvalue weighted by Gasteiger charge is 2.59. The first kappa shape index (κ1) is 33.4. The van der Waals surface area contributed by atoms with Crippen LogP contribution in [0.25, 0.3) is 0 Å². The molecular weight excluding hydrogens is 630 g/mol. The van der Waals surface area contributed by atoms with Crippen LogP contribution in [0, 0.1) is 11.3 Å². The van der Waals surface area contributed by atoms with Crippen molar-refractivity contribution in [3.63, 3.8) is 0 Å². The molecule has 1 atom stereocenters. The van der Waals surface area contributed by atoms with Crippen LogP contribution in [0.3, 0.4) is 0 Å². The maximum Gasteiger partial charge on any atom is 0.318 e. The lowest BCUT2D eigenvalue weighted by Gasteiger charge is -2.44. The van der Waals surface area contributed by atoms with Gasteiger partial charge in [0.25, 0.3) is 15.9 Å². The van der Waals surface area contributed by atoms with Crippen LogP contribution < -0.4 is 14.4 Å². The third-order valence-electron chi connectivity index (χ3n) is 9.63.